The lowest BCUT2D eigenvalue weighted by molar-refractivity contribution is -0.137. The molecule has 6 nitrogen and oxygen atoms in total. The number of para-hydroxylation sites is 1. The summed E-state index contributed by atoms with van der Waals surface area (Å²) in [6.07, 6.45) is -4.38. The maximum atomic E-state index is 12.7. The molecule has 0 aliphatic carbocycles. The van der Waals surface area contributed by atoms with Gasteiger partial charge in [-0.25, -0.2) is 0 Å². The number of carbonyl (C=O) groups excluding carboxylic acids is 1. The number of anilines is 2. The molecule has 0 fully saturated rings. The zero-order chi connectivity index (χ0) is 20.3. The highest BCUT2D eigenvalue weighted by Crippen LogP contribution is 2.32. The Morgan fingerprint density at radius 1 is 1.14 bits per heavy atom. The SMILES string of the molecule is CC(=O)[C@@H](C)Cn1nnc(-c2ccccc2Nc2ccc(C(F)(F)F)cc2)n1. The van der Waals surface area contributed by atoms with Crippen LogP contribution < -0.4 is 5.32 Å². The molecular weight excluding hydrogens is 371 g/mol. The highest BCUT2D eigenvalue weighted by molar-refractivity contribution is 5.78. The third kappa shape index (κ3) is 4.54. The molecule has 0 aliphatic heterocycles. The second-order valence-corrected chi connectivity index (χ2v) is 6.43. The number of aromatic nitrogens is 4. The van der Waals surface area contributed by atoms with E-state index >= 15 is 0 Å². The molecule has 0 bridgehead atoms. The van der Waals surface area contributed by atoms with Crippen LogP contribution in [0.2, 0.25) is 0 Å². The van der Waals surface area contributed by atoms with Gasteiger partial charge in [-0.05, 0) is 48.5 Å². The first-order valence-corrected chi connectivity index (χ1v) is 8.56. The standard InChI is InChI=1S/C19H18F3N5O/c1-12(13(2)28)11-27-25-18(24-26-27)16-5-3-4-6-17(16)23-15-9-7-14(8-10-15)19(20,21)22/h3-10,12,23H,11H2,1-2H3/t12-/m0/s1. The number of hydrogen-bond donors (Lipinski definition) is 1. The normalized spacial score (nSPS) is 12.6. The lowest BCUT2D eigenvalue weighted by Gasteiger charge is -2.11. The molecule has 3 aromatic rings. The van der Waals surface area contributed by atoms with E-state index in [1.165, 1.54) is 23.9 Å². The number of nitrogens with zero attached hydrogens (tertiary/aromatic N) is 4. The third-order valence-corrected chi connectivity index (χ3v) is 4.24. The van der Waals surface area contributed by atoms with E-state index in [9.17, 15) is 18.0 Å². The van der Waals surface area contributed by atoms with E-state index in [2.05, 4.69) is 20.7 Å². The number of rotatable bonds is 6. The van der Waals surface area contributed by atoms with Gasteiger partial charge in [-0.2, -0.15) is 18.0 Å². The van der Waals surface area contributed by atoms with Crippen LogP contribution >= 0.6 is 0 Å². The molecule has 1 atom stereocenters. The van der Waals surface area contributed by atoms with E-state index in [0.717, 1.165) is 12.1 Å². The van der Waals surface area contributed by atoms with Crippen LogP contribution in [-0.4, -0.2) is 26.0 Å². The molecule has 0 radical (unpaired) electrons. The van der Waals surface area contributed by atoms with Crippen molar-refractivity contribution in [2.24, 2.45) is 5.92 Å². The summed E-state index contributed by atoms with van der Waals surface area (Å²) in [4.78, 5) is 12.8. The van der Waals surface area contributed by atoms with Gasteiger partial charge >= 0.3 is 6.18 Å². The zero-order valence-electron chi connectivity index (χ0n) is 15.2. The Balaban J connectivity index is 1.82. The van der Waals surface area contributed by atoms with E-state index in [4.69, 9.17) is 0 Å². The summed E-state index contributed by atoms with van der Waals surface area (Å²) < 4.78 is 38.1. The second-order valence-electron chi connectivity index (χ2n) is 6.43. The Morgan fingerprint density at radius 3 is 2.46 bits per heavy atom. The van der Waals surface area contributed by atoms with E-state index < -0.39 is 11.7 Å². The van der Waals surface area contributed by atoms with E-state index in [1.54, 1.807) is 31.2 Å². The molecule has 146 valence electrons. The number of Topliss-reactive ketones (excluding diaryl/α,β-unsaturated/α-hetero) is 1. The second kappa shape index (κ2) is 7.79. The molecule has 1 heterocycles. The van der Waals surface area contributed by atoms with Crippen LogP contribution in [0.15, 0.2) is 48.5 Å². The smallest absolute Gasteiger partial charge is 0.355 e. The molecule has 0 aliphatic rings. The van der Waals surface area contributed by atoms with Crippen LogP contribution in [-0.2, 0) is 17.5 Å². The molecule has 0 saturated carbocycles. The lowest BCUT2D eigenvalue weighted by atomic mass is 10.1. The summed E-state index contributed by atoms with van der Waals surface area (Å²) in [5.41, 5.74) is 1.05. The van der Waals surface area contributed by atoms with Gasteiger partial charge in [-0.3, -0.25) is 4.79 Å². The van der Waals surface area contributed by atoms with Crippen LogP contribution in [0.4, 0.5) is 24.5 Å². The molecule has 3 rings (SSSR count). The van der Waals surface area contributed by atoms with Crippen molar-refractivity contribution in [3.8, 4) is 11.4 Å². The Hall–Kier alpha value is -3.23. The first-order chi connectivity index (χ1) is 13.2. The van der Waals surface area contributed by atoms with Crippen molar-refractivity contribution in [1.29, 1.82) is 0 Å². The van der Waals surface area contributed by atoms with Crippen LogP contribution in [0.25, 0.3) is 11.4 Å². The van der Waals surface area contributed by atoms with Crippen molar-refractivity contribution in [3.63, 3.8) is 0 Å². The van der Waals surface area contributed by atoms with Gasteiger partial charge in [0.25, 0.3) is 0 Å². The average molecular weight is 389 g/mol. The number of tetrazole rings is 1. The molecule has 0 amide bonds. The monoisotopic (exact) mass is 389 g/mol. The molecule has 28 heavy (non-hydrogen) atoms. The molecule has 1 aromatic heterocycles. The van der Waals surface area contributed by atoms with Crippen molar-refractivity contribution < 1.29 is 18.0 Å². The Bertz CT molecular complexity index is 966. The maximum absolute atomic E-state index is 12.7. The fraction of sp³-hybridized carbons (Fsp3) is 0.263. The van der Waals surface area contributed by atoms with Gasteiger partial charge in [-0.1, -0.05) is 19.1 Å². The highest BCUT2D eigenvalue weighted by atomic mass is 19.4. The molecular formula is C19H18F3N5O. The molecule has 2 aromatic carbocycles. The first-order valence-electron chi connectivity index (χ1n) is 8.56. The van der Waals surface area contributed by atoms with E-state index in [1.807, 2.05) is 0 Å². The van der Waals surface area contributed by atoms with Gasteiger partial charge in [-0.15, -0.1) is 10.2 Å². The van der Waals surface area contributed by atoms with E-state index in [-0.39, 0.29) is 11.7 Å². The minimum atomic E-state index is -4.38. The van der Waals surface area contributed by atoms with Gasteiger partial charge in [0.2, 0.25) is 5.82 Å². The van der Waals surface area contributed by atoms with Crippen molar-refractivity contribution in [2.75, 3.05) is 5.32 Å². The number of nitrogens with one attached hydrogen (secondary N) is 1. The average Bonchev–Trinajstić information content (AvgIpc) is 3.10. The van der Waals surface area contributed by atoms with Gasteiger partial charge in [0.05, 0.1) is 12.1 Å². The minimum Gasteiger partial charge on any atom is -0.355 e. The predicted molar refractivity (Wildman–Crippen MR) is 97.8 cm³/mol. The summed E-state index contributed by atoms with van der Waals surface area (Å²) in [5.74, 6) is 0.150. The van der Waals surface area contributed by atoms with Gasteiger partial charge in [0.1, 0.15) is 5.78 Å². The molecule has 1 N–H and O–H groups in total. The highest BCUT2D eigenvalue weighted by Gasteiger charge is 2.30. The molecule has 0 spiro atoms. The van der Waals surface area contributed by atoms with Crippen molar-refractivity contribution in [1.82, 2.24) is 20.2 Å². The number of hydrogen-bond acceptors (Lipinski definition) is 5. The summed E-state index contributed by atoms with van der Waals surface area (Å²) in [5, 5.41) is 15.4. The Kier molecular flexibility index (Phi) is 5.43. The first kappa shape index (κ1) is 19.5. The third-order valence-electron chi connectivity index (χ3n) is 4.24. The van der Waals surface area contributed by atoms with Crippen LogP contribution in [0.3, 0.4) is 0 Å². The molecule has 0 unspecified atom stereocenters. The Morgan fingerprint density at radius 2 is 1.82 bits per heavy atom. The topological polar surface area (TPSA) is 72.7 Å². The van der Waals surface area contributed by atoms with E-state index in [0.29, 0.717) is 29.3 Å². The molecule has 0 saturated heterocycles. The number of halogens is 3. The number of alkyl halides is 3. The minimum absolute atomic E-state index is 0.0308. The molecule has 9 heteroatoms. The summed E-state index contributed by atoms with van der Waals surface area (Å²) in [6.45, 7) is 3.61. The largest absolute Gasteiger partial charge is 0.416 e. The summed E-state index contributed by atoms with van der Waals surface area (Å²) >= 11 is 0. The van der Waals surface area contributed by atoms with Crippen molar-refractivity contribution >= 4 is 17.2 Å². The van der Waals surface area contributed by atoms with Gasteiger partial charge in [0.15, 0.2) is 0 Å². The van der Waals surface area contributed by atoms with Gasteiger partial charge in [0, 0.05) is 22.9 Å². The zero-order valence-corrected chi connectivity index (χ0v) is 15.2. The quantitative estimate of drug-likeness (QED) is 0.679. The van der Waals surface area contributed by atoms with Crippen LogP contribution in [0.5, 0.6) is 0 Å². The van der Waals surface area contributed by atoms with Crippen LogP contribution in [0, 0.1) is 5.92 Å². The predicted octanol–water partition coefficient (Wildman–Crippen LogP) is 4.33. The fourth-order valence-electron chi connectivity index (χ4n) is 2.49. The Labute approximate surface area is 159 Å². The van der Waals surface area contributed by atoms with Crippen molar-refractivity contribution in [2.45, 2.75) is 26.6 Å². The van der Waals surface area contributed by atoms with Crippen LogP contribution in [0.1, 0.15) is 19.4 Å². The number of ketones is 1. The number of benzene rings is 2. The summed E-state index contributed by atoms with van der Waals surface area (Å²) in [6, 6.07) is 11.9. The number of carbonyl (C=O) groups is 1. The maximum Gasteiger partial charge on any atom is 0.416 e. The van der Waals surface area contributed by atoms with Crippen molar-refractivity contribution in [3.05, 3.63) is 54.1 Å². The fourth-order valence-corrected chi connectivity index (χ4v) is 2.49. The lowest BCUT2D eigenvalue weighted by Crippen LogP contribution is -2.16. The summed E-state index contributed by atoms with van der Waals surface area (Å²) in [7, 11) is 0. The van der Waals surface area contributed by atoms with Gasteiger partial charge < -0.3 is 5.32 Å².